The molecule has 0 aromatic carbocycles. The maximum atomic E-state index is 12.0. The minimum atomic E-state index is -0.193. The number of anilines is 1. The molecule has 7 nitrogen and oxygen atoms in total. The van der Waals surface area contributed by atoms with Gasteiger partial charge in [0, 0.05) is 57.4 Å². The molecule has 0 radical (unpaired) electrons. The van der Waals surface area contributed by atoms with Crippen molar-refractivity contribution in [2.75, 3.05) is 19.0 Å². The van der Waals surface area contributed by atoms with E-state index in [1.54, 1.807) is 18.7 Å². The van der Waals surface area contributed by atoms with Gasteiger partial charge in [0.25, 0.3) is 0 Å². The van der Waals surface area contributed by atoms with Gasteiger partial charge in [0.05, 0.1) is 6.33 Å². The number of nitrogens with one attached hydrogen (secondary N) is 2. The Morgan fingerprint density at radius 3 is 2.91 bits per heavy atom. The zero-order chi connectivity index (χ0) is 15.9. The highest BCUT2D eigenvalue weighted by Crippen LogP contribution is 2.13. The van der Waals surface area contributed by atoms with Crippen molar-refractivity contribution < 1.29 is 4.79 Å². The Kier molecular flexibility index (Phi) is 5.35. The second kappa shape index (κ2) is 7.44. The molecule has 0 saturated heterocycles. The molecule has 0 aliphatic heterocycles. The molecule has 0 saturated carbocycles. The Labute approximate surface area is 130 Å². The number of imidazole rings is 1. The third kappa shape index (κ3) is 4.47. The molecule has 0 spiro atoms. The Hall–Kier alpha value is -2.57. The van der Waals surface area contributed by atoms with Crippen LogP contribution in [0.3, 0.4) is 0 Å². The average molecular weight is 302 g/mol. The largest absolute Gasteiger partial charge is 0.362 e. The highest BCUT2D eigenvalue weighted by Gasteiger charge is 2.09. The molecule has 0 aliphatic rings. The summed E-state index contributed by atoms with van der Waals surface area (Å²) < 4.78 is 1.93. The zero-order valence-electron chi connectivity index (χ0n) is 13.2. The van der Waals surface area contributed by atoms with E-state index in [0.29, 0.717) is 13.1 Å². The van der Waals surface area contributed by atoms with E-state index in [-0.39, 0.29) is 12.1 Å². The average Bonchev–Trinajstić information content (AvgIpc) is 2.98. The molecule has 1 atom stereocenters. The van der Waals surface area contributed by atoms with Gasteiger partial charge in [-0.3, -0.25) is 0 Å². The number of aromatic nitrogens is 3. The van der Waals surface area contributed by atoms with Crippen molar-refractivity contribution in [3.63, 3.8) is 0 Å². The number of carbonyl (C=O) groups excluding carboxylic acids is 1. The summed E-state index contributed by atoms with van der Waals surface area (Å²) in [6.07, 6.45) is 7.06. The molecule has 2 rings (SSSR count). The quantitative estimate of drug-likeness (QED) is 0.841. The number of nitrogens with zero attached hydrogens (tertiary/aromatic N) is 4. The molecule has 0 fully saturated rings. The normalized spacial score (nSPS) is 11.8. The zero-order valence-corrected chi connectivity index (χ0v) is 13.2. The first-order valence-electron chi connectivity index (χ1n) is 7.17. The van der Waals surface area contributed by atoms with Gasteiger partial charge in [0.15, 0.2) is 0 Å². The lowest BCUT2D eigenvalue weighted by molar-refractivity contribution is 0.236. The molecule has 118 valence electrons. The third-order valence-electron chi connectivity index (χ3n) is 3.15. The summed E-state index contributed by atoms with van der Waals surface area (Å²) in [6, 6.07) is 3.64. The number of rotatable bonds is 6. The van der Waals surface area contributed by atoms with Crippen LogP contribution in [0.5, 0.6) is 0 Å². The molecule has 0 bridgehead atoms. The van der Waals surface area contributed by atoms with Crippen LogP contribution >= 0.6 is 0 Å². The molecule has 2 aromatic rings. The van der Waals surface area contributed by atoms with E-state index in [2.05, 4.69) is 20.6 Å². The second-order valence-electron chi connectivity index (χ2n) is 5.37. The lowest BCUT2D eigenvalue weighted by Gasteiger charge is -2.18. The van der Waals surface area contributed by atoms with Crippen LogP contribution in [0, 0.1) is 0 Å². The molecular formula is C15H22N6O. The lowest BCUT2D eigenvalue weighted by atomic mass is 10.2. The predicted molar refractivity (Wildman–Crippen MR) is 85.6 cm³/mol. The Morgan fingerprint density at radius 1 is 1.41 bits per heavy atom. The van der Waals surface area contributed by atoms with Crippen LogP contribution in [0.1, 0.15) is 12.5 Å². The monoisotopic (exact) mass is 302 g/mol. The van der Waals surface area contributed by atoms with Crippen LogP contribution in [0.25, 0.3) is 0 Å². The molecule has 22 heavy (non-hydrogen) atoms. The van der Waals surface area contributed by atoms with Crippen LogP contribution in [-0.2, 0) is 13.1 Å². The standard InChI is InChI=1S/C15H22N6O/c1-12(10-21-8-7-16-11-21)19-15(22)18-9-13-5-4-6-17-14(13)20(2)3/h4-8,11-12H,9-10H2,1-3H3,(H2,18,19,22). The van der Waals surface area contributed by atoms with Crippen molar-refractivity contribution in [2.45, 2.75) is 26.1 Å². The number of amides is 2. The van der Waals surface area contributed by atoms with Gasteiger partial charge in [-0.25, -0.2) is 14.8 Å². The van der Waals surface area contributed by atoms with Gasteiger partial charge in [-0.05, 0) is 13.0 Å². The van der Waals surface area contributed by atoms with Gasteiger partial charge in [-0.1, -0.05) is 6.07 Å². The van der Waals surface area contributed by atoms with Gasteiger partial charge in [-0.15, -0.1) is 0 Å². The summed E-state index contributed by atoms with van der Waals surface area (Å²) in [5.74, 6) is 0.856. The summed E-state index contributed by atoms with van der Waals surface area (Å²) >= 11 is 0. The first kappa shape index (κ1) is 15.8. The summed E-state index contributed by atoms with van der Waals surface area (Å²) in [5.41, 5.74) is 0.977. The fourth-order valence-electron chi connectivity index (χ4n) is 2.18. The summed E-state index contributed by atoms with van der Waals surface area (Å²) in [6.45, 7) is 3.07. The van der Waals surface area contributed by atoms with Gasteiger partial charge in [-0.2, -0.15) is 0 Å². The van der Waals surface area contributed by atoms with Crippen LogP contribution in [-0.4, -0.2) is 40.7 Å². The summed E-state index contributed by atoms with van der Waals surface area (Å²) in [7, 11) is 3.86. The van der Waals surface area contributed by atoms with Crippen molar-refractivity contribution >= 4 is 11.8 Å². The number of carbonyl (C=O) groups is 1. The SMILES string of the molecule is CC(Cn1ccnc1)NC(=O)NCc1cccnc1N(C)C. The summed E-state index contributed by atoms with van der Waals surface area (Å²) in [4.78, 5) is 22.2. The van der Waals surface area contributed by atoms with Crippen molar-refractivity contribution in [3.8, 4) is 0 Å². The third-order valence-corrected chi connectivity index (χ3v) is 3.15. The van der Waals surface area contributed by atoms with E-state index in [0.717, 1.165) is 11.4 Å². The summed E-state index contributed by atoms with van der Waals surface area (Å²) in [5, 5.41) is 5.77. The van der Waals surface area contributed by atoms with E-state index in [1.807, 2.05) is 48.8 Å². The van der Waals surface area contributed by atoms with E-state index in [4.69, 9.17) is 0 Å². The molecule has 7 heteroatoms. The fraction of sp³-hybridized carbons (Fsp3) is 0.400. The lowest BCUT2D eigenvalue weighted by Crippen LogP contribution is -2.42. The fourth-order valence-corrected chi connectivity index (χ4v) is 2.18. The predicted octanol–water partition coefficient (Wildman–Crippen LogP) is 1.23. The molecule has 1 unspecified atom stereocenters. The number of pyridine rings is 1. The Morgan fingerprint density at radius 2 is 2.23 bits per heavy atom. The van der Waals surface area contributed by atoms with Crippen molar-refractivity contribution in [1.29, 1.82) is 0 Å². The van der Waals surface area contributed by atoms with Crippen LogP contribution in [0.4, 0.5) is 10.6 Å². The van der Waals surface area contributed by atoms with E-state index in [1.165, 1.54) is 0 Å². The highest BCUT2D eigenvalue weighted by molar-refractivity contribution is 5.74. The second-order valence-corrected chi connectivity index (χ2v) is 5.37. The van der Waals surface area contributed by atoms with Gasteiger partial charge in [0.1, 0.15) is 5.82 Å². The van der Waals surface area contributed by atoms with Gasteiger partial charge in [0.2, 0.25) is 0 Å². The minimum Gasteiger partial charge on any atom is -0.362 e. The van der Waals surface area contributed by atoms with E-state index >= 15 is 0 Å². The molecule has 0 aliphatic carbocycles. The van der Waals surface area contributed by atoms with Crippen molar-refractivity contribution in [2.24, 2.45) is 0 Å². The van der Waals surface area contributed by atoms with E-state index in [9.17, 15) is 4.79 Å². The molecule has 2 heterocycles. The number of hydrogen-bond acceptors (Lipinski definition) is 4. The topological polar surface area (TPSA) is 75.1 Å². The van der Waals surface area contributed by atoms with Crippen molar-refractivity contribution in [1.82, 2.24) is 25.2 Å². The molecular weight excluding hydrogens is 280 g/mol. The maximum absolute atomic E-state index is 12.0. The number of hydrogen-bond donors (Lipinski definition) is 2. The van der Waals surface area contributed by atoms with Crippen LogP contribution in [0.2, 0.25) is 0 Å². The van der Waals surface area contributed by atoms with E-state index < -0.39 is 0 Å². The molecule has 2 aromatic heterocycles. The Balaban J connectivity index is 1.83. The Bertz CT molecular complexity index is 596. The highest BCUT2D eigenvalue weighted by atomic mass is 16.2. The first-order chi connectivity index (χ1) is 10.6. The smallest absolute Gasteiger partial charge is 0.315 e. The van der Waals surface area contributed by atoms with Gasteiger partial charge < -0.3 is 20.1 Å². The minimum absolute atomic E-state index is 0.0106. The number of urea groups is 1. The van der Waals surface area contributed by atoms with Crippen LogP contribution < -0.4 is 15.5 Å². The molecule has 2 N–H and O–H groups in total. The maximum Gasteiger partial charge on any atom is 0.315 e. The first-order valence-corrected chi connectivity index (χ1v) is 7.17. The van der Waals surface area contributed by atoms with Crippen LogP contribution in [0.15, 0.2) is 37.1 Å². The van der Waals surface area contributed by atoms with Crippen molar-refractivity contribution in [3.05, 3.63) is 42.6 Å². The van der Waals surface area contributed by atoms with Gasteiger partial charge >= 0.3 is 6.03 Å². The molecule has 2 amide bonds.